The number of carbonyl (C=O) groups excluding carboxylic acids is 1. The van der Waals surface area contributed by atoms with Crippen LogP contribution in [-0.2, 0) is 14.8 Å². The number of hydrogen-bond donors (Lipinski definition) is 1. The number of aliphatic hydroxyl groups excluding tert-OH is 1. The third-order valence-electron chi connectivity index (χ3n) is 4.90. The molecule has 4 rings (SSSR count). The van der Waals surface area contributed by atoms with Gasteiger partial charge in [0.1, 0.15) is 0 Å². The van der Waals surface area contributed by atoms with E-state index < -0.39 is 16.1 Å². The molecule has 0 saturated heterocycles. The van der Waals surface area contributed by atoms with Crippen molar-refractivity contribution >= 4 is 15.9 Å². The van der Waals surface area contributed by atoms with E-state index >= 15 is 0 Å². The maximum Gasteiger partial charge on any atom is 0.261 e. The summed E-state index contributed by atoms with van der Waals surface area (Å²) >= 11 is 0. The Hall–Kier alpha value is -2.55. The summed E-state index contributed by atoms with van der Waals surface area (Å²) in [6.07, 6.45) is 0.245. The Bertz CT molecular complexity index is 972. The molecule has 0 spiro atoms. The van der Waals surface area contributed by atoms with Crippen molar-refractivity contribution in [1.29, 1.82) is 0 Å². The molecule has 2 aliphatic rings. The largest absolute Gasteiger partial charge is 0.378 e. The van der Waals surface area contributed by atoms with Crippen LogP contribution in [0.4, 0.5) is 0 Å². The fraction of sp³-hybridized carbons (Fsp3) is 0.263. The highest BCUT2D eigenvalue weighted by Crippen LogP contribution is 2.30. The summed E-state index contributed by atoms with van der Waals surface area (Å²) in [6.45, 7) is 1.18. The zero-order valence-electron chi connectivity index (χ0n) is 14.5. The number of aromatic nitrogens is 1. The molecule has 27 heavy (non-hydrogen) atoms. The molecule has 0 bridgehead atoms. The van der Waals surface area contributed by atoms with Crippen molar-refractivity contribution < 1.29 is 18.3 Å². The number of hydrogen-bond acceptors (Lipinski definition) is 5. The highest BCUT2D eigenvalue weighted by molar-refractivity contribution is 7.89. The second-order valence-corrected chi connectivity index (χ2v) is 8.54. The van der Waals surface area contributed by atoms with Crippen molar-refractivity contribution in [2.45, 2.75) is 11.1 Å². The van der Waals surface area contributed by atoms with Crippen LogP contribution >= 0.6 is 0 Å². The molecular formula is C19H19N3O4S. The van der Waals surface area contributed by atoms with Crippen molar-refractivity contribution in [2.75, 3.05) is 26.2 Å². The molecule has 1 N–H and O–H groups in total. The van der Waals surface area contributed by atoms with Crippen molar-refractivity contribution in [1.82, 2.24) is 14.2 Å². The molecule has 140 valence electrons. The van der Waals surface area contributed by atoms with E-state index in [0.29, 0.717) is 18.7 Å². The molecule has 0 fully saturated rings. The molecule has 0 radical (unpaired) electrons. The molecule has 1 aromatic heterocycles. The molecule has 2 aromatic rings. The smallest absolute Gasteiger partial charge is 0.261 e. The molecule has 1 atom stereocenters. The fourth-order valence-electron chi connectivity index (χ4n) is 3.45. The van der Waals surface area contributed by atoms with Gasteiger partial charge < -0.3 is 10.0 Å². The minimum Gasteiger partial charge on any atom is -0.378 e. The van der Waals surface area contributed by atoms with Gasteiger partial charge in [-0.2, -0.15) is 4.31 Å². The van der Waals surface area contributed by atoms with E-state index in [2.05, 4.69) is 4.98 Å². The Morgan fingerprint density at radius 3 is 2.19 bits per heavy atom. The van der Waals surface area contributed by atoms with Crippen LogP contribution in [0.5, 0.6) is 0 Å². The lowest BCUT2D eigenvalue weighted by Gasteiger charge is -2.24. The van der Waals surface area contributed by atoms with Gasteiger partial charge in [-0.3, -0.25) is 4.79 Å². The van der Waals surface area contributed by atoms with E-state index in [-0.39, 0.29) is 24.0 Å². The van der Waals surface area contributed by atoms with Crippen LogP contribution in [-0.4, -0.2) is 59.8 Å². The van der Waals surface area contributed by atoms with Gasteiger partial charge in [0.15, 0.2) is 11.1 Å². The van der Waals surface area contributed by atoms with Crippen molar-refractivity contribution in [3.05, 3.63) is 71.4 Å². The van der Waals surface area contributed by atoms with Crippen LogP contribution in [0.25, 0.3) is 0 Å². The van der Waals surface area contributed by atoms with Gasteiger partial charge in [0.25, 0.3) is 15.9 Å². The Morgan fingerprint density at radius 1 is 0.963 bits per heavy atom. The summed E-state index contributed by atoms with van der Waals surface area (Å²) in [5.74, 6) is -0.366. The van der Waals surface area contributed by atoms with E-state index in [1.807, 2.05) is 6.07 Å². The van der Waals surface area contributed by atoms with Gasteiger partial charge in [-0.1, -0.05) is 36.4 Å². The summed E-state index contributed by atoms with van der Waals surface area (Å²) in [5, 5.41) is 10.3. The summed E-state index contributed by atoms with van der Waals surface area (Å²) in [5.41, 5.74) is 2.39. The first kappa shape index (κ1) is 17.8. The Morgan fingerprint density at radius 2 is 1.59 bits per heavy atom. The lowest BCUT2D eigenvalue weighted by Crippen LogP contribution is -2.38. The predicted octanol–water partition coefficient (Wildman–Crippen LogP) is 0.958. The third kappa shape index (κ3) is 3.27. The molecule has 3 heterocycles. The van der Waals surface area contributed by atoms with Crippen molar-refractivity contribution in [3.8, 4) is 0 Å². The van der Waals surface area contributed by atoms with Gasteiger partial charge in [0.2, 0.25) is 0 Å². The minimum absolute atomic E-state index is 0.0265. The molecule has 8 heteroatoms. The quantitative estimate of drug-likeness (QED) is 0.792. The normalized spacial score (nSPS) is 18.6. The van der Waals surface area contributed by atoms with Gasteiger partial charge >= 0.3 is 0 Å². The fourth-order valence-corrected chi connectivity index (χ4v) is 4.81. The monoisotopic (exact) mass is 385 g/mol. The van der Waals surface area contributed by atoms with E-state index in [4.69, 9.17) is 0 Å². The van der Waals surface area contributed by atoms with Crippen LogP contribution in [0.3, 0.4) is 0 Å². The highest BCUT2D eigenvalue weighted by Gasteiger charge is 2.39. The zero-order chi connectivity index (χ0) is 19.0. The summed E-state index contributed by atoms with van der Waals surface area (Å²) in [4.78, 5) is 18.1. The number of aliphatic hydroxyl groups is 1. The summed E-state index contributed by atoms with van der Waals surface area (Å²) < 4.78 is 26.8. The topological polar surface area (TPSA) is 90.8 Å². The molecule has 7 nitrogen and oxygen atoms in total. The molecule has 1 aromatic carbocycles. The van der Waals surface area contributed by atoms with Crippen molar-refractivity contribution in [3.63, 3.8) is 0 Å². The number of rotatable bonds is 4. The maximum atomic E-state index is 12.7. The third-order valence-corrected chi connectivity index (χ3v) is 6.61. The van der Waals surface area contributed by atoms with Gasteiger partial charge in [-0.05, 0) is 28.8 Å². The average molecular weight is 385 g/mol. The van der Waals surface area contributed by atoms with Crippen LogP contribution in [0.15, 0.2) is 70.9 Å². The maximum absolute atomic E-state index is 12.7. The Labute approximate surface area is 157 Å². The standard InChI is InChI=1S/C19H19N3O4S/c23-18(14-6-2-1-3-7-14)19(24)21-10-15-12-22(13-16(15)11-21)27(25,26)17-8-4-5-9-20-17/h1-9,18,23H,10-13H2/t18-/m1/s1. The van der Waals surface area contributed by atoms with Crippen molar-refractivity contribution in [2.24, 2.45) is 0 Å². The summed E-state index contributed by atoms with van der Waals surface area (Å²) in [7, 11) is -3.65. The first-order chi connectivity index (χ1) is 13.0. The number of carbonyl (C=O) groups is 1. The van der Waals surface area contributed by atoms with Crippen LogP contribution in [0.2, 0.25) is 0 Å². The number of benzene rings is 1. The molecule has 2 aliphatic heterocycles. The first-order valence-electron chi connectivity index (χ1n) is 8.59. The summed E-state index contributed by atoms with van der Waals surface area (Å²) in [6, 6.07) is 13.6. The molecular weight excluding hydrogens is 366 g/mol. The molecule has 1 amide bonds. The Balaban J connectivity index is 1.42. The van der Waals surface area contributed by atoms with Gasteiger partial charge in [-0.25, -0.2) is 13.4 Å². The molecule has 0 unspecified atom stereocenters. The zero-order valence-corrected chi connectivity index (χ0v) is 15.3. The second-order valence-electron chi connectivity index (χ2n) is 6.66. The lowest BCUT2D eigenvalue weighted by atomic mass is 10.1. The van der Waals surface area contributed by atoms with Crippen LogP contribution in [0.1, 0.15) is 11.7 Å². The number of sulfonamides is 1. The SMILES string of the molecule is O=C([C@H](O)c1ccccc1)N1CC2=C(C1)CN(S(=O)(=O)c1ccccn1)C2. The number of amides is 1. The van der Waals surface area contributed by atoms with E-state index in [1.54, 1.807) is 41.3 Å². The van der Waals surface area contributed by atoms with Crippen LogP contribution in [0, 0.1) is 0 Å². The van der Waals surface area contributed by atoms with E-state index in [0.717, 1.165) is 11.1 Å². The average Bonchev–Trinajstić information content (AvgIpc) is 3.28. The molecule has 0 aliphatic carbocycles. The van der Waals surface area contributed by atoms with E-state index in [9.17, 15) is 18.3 Å². The minimum atomic E-state index is -3.65. The van der Waals surface area contributed by atoms with E-state index in [1.165, 1.54) is 16.6 Å². The molecule has 0 saturated carbocycles. The predicted molar refractivity (Wildman–Crippen MR) is 98.0 cm³/mol. The highest BCUT2D eigenvalue weighted by atomic mass is 32.2. The first-order valence-corrected chi connectivity index (χ1v) is 10.0. The van der Waals surface area contributed by atoms with Crippen LogP contribution < -0.4 is 0 Å². The number of pyridine rings is 1. The Kier molecular flexibility index (Phi) is 4.55. The lowest BCUT2D eigenvalue weighted by molar-refractivity contribution is -0.139. The van der Waals surface area contributed by atoms with Gasteiger partial charge in [0.05, 0.1) is 0 Å². The number of nitrogens with zero attached hydrogens (tertiary/aromatic N) is 3. The van der Waals surface area contributed by atoms with Gasteiger partial charge in [-0.15, -0.1) is 0 Å². The van der Waals surface area contributed by atoms with Gasteiger partial charge in [0, 0.05) is 32.4 Å². The second kappa shape index (κ2) is 6.88.